The molecule has 0 bridgehead atoms. The summed E-state index contributed by atoms with van der Waals surface area (Å²) >= 11 is 5.75. The molecule has 0 aliphatic heterocycles. The lowest BCUT2D eigenvalue weighted by atomic mass is 10.0. The number of urea groups is 1. The minimum atomic E-state index is -3.21. The van der Waals surface area contributed by atoms with Gasteiger partial charge in [-0.25, -0.2) is 13.2 Å². The molecule has 1 N–H and O–H groups in total. The van der Waals surface area contributed by atoms with Crippen LogP contribution in [-0.2, 0) is 16.4 Å². The highest BCUT2D eigenvalue weighted by atomic mass is 35.5. The van der Waals surface area contributed by atoms with E-state index >= 15 is 0 Å². The lowest BCUT2D eigenvalue weighted by Crippen LogP contribution is -2.44. The van der Waals surface area contributed by atoms with E-state index in [-0.39, 0.29) is 36.2 Å². The summed E-state index contributed by atoms with van der Waals surface area (Å²) in [6.07, 6.45) is 7.43. The number of nitrogens with zero attached hydrogens (tertiary/aromatic N) is 2. The minimum Gasteiger partial charge on any atom is -0.361 e. The van der Waals surface area contributed by atoms with E-state index in [4.69, 9.17) is 16.1 Å². The molecule has 0 unspecified atom stereocenters. The molecule has 2 saturated carbocycles. The fraction of sp³-hybridized carbons (Fsp3) is 0.800. The SMILES string of the molecule is Cc1cc(CN(CCS(=O)(=O)C2CCCCC2)C(=O)N[C@H]2C[C@@H]2CCCCl)no1. The van der Waals surface area contributed by atoms with Gasteiger partial charge in [-0.05, 0) is 44.9 Å². The van der Waals surface area contributed by atoms with E-state index in [0.717, 1.165) is 51.4 Å². The number of carbonyl (C=O) groups excluding carboxylic acids is 1. The Morgan fingerprint density at radius 3 is 2.76 bits per heavy atom. The van der Waals surface area contributed by atoms with Crippen molar-refractivity contribution in [3.8, 4) is 0 Å². The number of nitrogens with one attached hydrogen (secondary N) is 1. The molecule has 29 heavy (non-hydrogen) atoms. The van der Waals surface area contributed by atoms with Crippen molar-refractivity contribution in [3.63, 3.8) is 0 Å². The van der Waals surface area contributed by atoms with Gasteiger partial charge in [-0.2, -0.15) is 0 Å². The van der Waals surface area contributed by atoms with Gasteiger partial charge in [0.2, 0.25) is 0 Å². The summed E-state index contributed by atoms with van der Waals surface area (Å²) in [6, 6.07) is 1.70. The summed E-state index contributed by atoms with van der Waals surface area (Å²) in [6.45, 7) is 2.19. The number of aryl methyl sites for hydroxylation is 1. The van der Waals surface area contributed by atoms with E-state index in [0.29, 0.717) is 23.3 Å². The van der Waals surface area contributed by atoms with Crippen LogP contribution in [0.4, 0.5) is 4.79 Å². The zero-order valence-corrected chi connectivity index (χ0v) is 18.7. The van der Waals surface area contributed by atoms with Crippen molar-refractivity contribution < 1.29 is 17.7 Å². The first-order valence-corrected chi connectivity index (χ1v) is 12.9. The molecule has 164 valence electrons. The molecule has 2 atom stereocenters. The number of rotatable bonds is 10. The number of alkyl halides is 1. The van der Waals surface area contributed by atoms with E-state index < -0.39 is 9.84 Å². The van der Waals surface area contributed by atoms with Crippen LogP contribution < -0.4 is 5.32 Å². The number of amides is 2. The molecule has 2 aliphatic carbocycles. The van der Waals surface area contributed by atoms with E-state index in [2.05, 4.69) is 10.5 Å². The Labute approximate surface area is 178 Å². The summed E-state index contributed by atoms with van der Waals surface area (Å²) < 4.78 is 30.6. The van der Waals surface area contributed by atoms with Crippen LogP contribution in [0.15, 0.2) is 10.6 Å². The van der Waals surface area contributed by atoms with Crippen LogP contribution in [-0.4, -0.2) is 54.0 Å². The van der Waals surface area contributed by atoms with Gasteiger partial charge in [0.1, 0.15) is 11.5 Å². The Morgan fingerprint density at radius 2 is 2.10 bits per heavy atom. The smallest absolute Gasteiger partial charge is 0.318 e. The molecule has 1 heterocycles. The Bertz CT molecular complexity index is 776. The van der Waals surface area contributed by atoms with Crippen LogP contribution in [0.2, 0.25) is 0 Å². The Balaban J connectivity index is 1.59. The third-order valence-electron chi connectivity index (χ3n) is 5.96. The van der Waals surface area contributed by atoms with Crippen LogP contribution in [0.3, 0.4) is 0 Å². The minimum absolute atomic E-state index is 0.0116. The third-order valence-corrected chi connectivity index (χ3v) is 8.47. The van der Waals surface area contributed by atoms with Gasteiger partial charge >= 0.3 is 6.03 Å². The molecule has 2 aliphatic rings. The number of carbonyl (C=O) groups is 1. The van der Waals surface area contributed by atoms with Gasteiger partial charge in [-0.1, -0.05) is 24.4 Å². The second-order valence-electron chi connectivity index (χ2n) is 8.36. The van der Waals surface area contributed by atoms with Crippen molar-refractivity contribution in [1.82, 2.24) is 15.4 Å². The predicted molar refractivity (Wildman–Crippen MR) is 113 cm³/mol. The lowest BCUT2D eigenvalue weighted by molar-refractivity contribution is 0.195. The maximum atomic E-state index is 12.9. The van der Waals surface area contributed by atoms with Gasteiger partial charge in [0.15, 0.2) is 9.84 Å². The van der Waals surface area contributed by atoms with Crippen molar-refractivity contribution in [2.24, 2.45) is 5.92 Å². The fourth-order valence-electron chi connectivity index (χ4n) is 4.10. The summed E-state index contributed by atoms with van der Waals surface area (Å²) in [5, 5.41) is 6.74. The highest BCUT2D eigenvalue weighted by Gasteiger charge is 2.38. The first-order chi connectivity index (χ1) is 13.9. The standard InChI is InChI=1S/C20H32ClN3O4S/c1-15-12-17(23-28-15)14-24(20(25)22-19-13-16(19)6-5-9-21)10-11-29(26,27)18-7-3-2-4-8-18/h12,16,18-19H,2-11,13-14H2,1H3,(H,22,25)/t16-,19-/m0/s1. The zero-order valence-electron chi connectivity index (χ0n) is 17.1. The van der Waals surface area contributed by atoms with E-state index in [1.165, 1.54) is 0 Å². The molecule has 0 spiro atoms. The van der Waals surface area contributed by atoms with Crippen molar-refractivity contribution in [3.05, 3.63) is 17.5 Å². The Hall–Kier alpha value is -1.28. The lowest BCUT2D eigenvalue weighted by Gasteiger charge is -2.25. The van der Waals surface area contributed by atoms with Crippen LogP contribution in [0.25, 0.3) is 0 Å². The van der Waals surface area contributed by atoms with E-state index in [9.17, 15) is 13.2 Å². The number of sulfone groups is 1. The van der Waals surface area contributed by atoms with E-state index in [1.807, 2.05) is 0 Å². The molecule has 2 amide bonds. The molecule has 0 aromatic carbocycles. The fourth-order valence-corrected chi connectivity index (χ4v) is 6.12. The highest BCUT2D eigenvalue weighted by Crippen LogP contribution is 2.35. The van der Waals surface area contributed by atoms with Crippen molar-refractivity contribution >= 4 is 27.5 Å². The van der Waals surface area contributed by atoms with Crippen LogP contribution in [0.5, 0.6) is 0 Å². The molecule has 9 heteroatoms. The van der Waals surface area contributed by atoms with Gasteiger partial charge in [-0.15, -0.1) is 11.6 Å². The van der Waals surface area contributed by atoms with Crippen molar-refractivity contribution in [2.75, 3.05) is 18.2 Å². The molecule has 0 saturated heterocycles. The molecule has 7 nitrogen and oxygen atoms in total. The topological polar surface area (TPSA) is 92.5 Å². The number of hydrogen-bond donors (Lipinski definition) is 1. The third kappa shape index (κ3) is 6.60. The summed E-state index contributed by atoms with van der Waals surface area (Å²) in [5.41, 5.74) is 0.627. The first-order valence-electron chi connectivity index (χ1n) is 10.6. The monoisotopic (exact) mass is 445 g/mol. The Morgan fingerprint density at radius 1 is 1.34 bits per heavy atom. The van der Waals surface area contributed by atoms with Gasteiger partial charge in [0.05, 0.1) is 17.5 Å². The van der Waals surface area contributed by atoms with Gasteiger partial charge in [0.25, 0.3) is 0 Å². The summed E-state index contributed by atoms with van der Waals surface area (Å²) in [5.74, 6) is 1.76. The van der Waals surface area contributed by atoms with Gasteiger partial charge < -0.3 is 14.7 Å². The predicted octanol–water partition coefficient (Wildman–Crippen LogP) is 3.65. The van der Waals surface area contributed by atoms with Gasteiger partial charge in [-0.3, -0.25) is 0 Å². The van der Waals surface area contributed by atoms with Crippen molar-refractivity contribution in [1.29, 1.82) is 0 Å². The number of hydrogen-bond acceptors (Lipinski definition) is 5. The largest absolute Gasteiger partial charge is 0.361 e. The van der Waals surface area contributed by atoms with Crippen LogP contribution in [0, 0.1) is 12.8 Å². The average molecular weight is 446 g/mol. The molecule has 3 rings (SSSR count). The second kappa shape index (κ2) is 10.2. The molecule has 1 aromatic rings. The normalized spacial score (nSPS) is 22.4. The van der Waals surface area contributed by atoms with E-state index in [1.54, 1.807) is 17.9 Å². The number of halogens is 1. The molecular weight excluding hydrogens is 414 g/mol. The van der Waals surface area contributed by atoms with Crippen LogP contribution in [0.1, 0.15) is 62.8 Å². The Kier molecular flexibility index (Phi) is 7.85. The van der Waals surface area contributed by atoms with Crippen LogP contribution >= 0.6 is 11.6 Å². The van der Waals surface area contributed by atoms with Gasteiger partial charge in [0, 0.05) is 24.5 Å². The zero-order chi connectivity index (χ0) is 20.9. The summed E-state index contributed by atoms with van der Waals surface area (Å²) in [4.78, 5) is 14.4. The first kappa shape index (κ1) is 22.4. The maximum absolute atomic E-state index is 12.9. The number of aromatic nitrogens is 1. The maximum Gasteiger partial charge on any atom is 0.318 e. The van der Waals surface area contributed by atoms with Crippen molar-refractivity contribution in [2.45, 2.75) is 76.1 Å². The quantitative estimate of drug-likeness (QED) is 0.555. The average Bonchev–Trinajstić information content (AvgIpc) is 3.31. The second-order valence-corrected chi connectivity index (χ2v) is 11.1. The molecular formula is C20H32ClN3O4S. The highest BCUT2D eigenvalue weighted by molar-refractivity contribution is 7.92. The molecule has 2 fully saturated rings. The molecule has 0 radical (unpaired) electrons. The summed E-state index contributed by atoms with van der Waals surface area (Å²) in [7, 11) is -3.21. The molecule has 1 aromatic heterocycles.